The molecule has 13 aromatic rings. The van der Waals surface area contributed by atoms with Gasteiger partial charge in [0.15, 0.2) is 0 Å². The van der Waals surface area contributed by atoms with Crippen LogP contribution in [-0.2, 0) is 10.8 Å². The van der Waals surface area contributed by atoms with Crippen molar-refractivity contribution in [3.8, 4) is 50.2 Å². The number of hydrogen-bond acceptors (Lipinski definition) is 2. The molecule has 342 valence electrons. The molecule has 1 unspecified atom stereocenters. The van der Waals surface area contributed by atoms with E-state index in [-0.39, 0.29) is 5.41 Å². The van der Waals surface area contributed by atoms with Gasteiger partial charge in [-0.25, -0.2) is 0 Å². The number of fused-ring (bicyclic) bond motifs is 19. The Morgan fingerprint density at radius 2 is 0.945 bits per heavy atom. The SMILES string of the molecule is CC1(C)c2ccccc2-c2ccc(N(c3ccccc3)c3ccc4c5ccccc5n(-c5ccc6c(c5)-c5ccccc5C65c6ccccc6-c6c(-c7ccc8oc9ccccc9c8c7)cccc65)c4c3)cc21. The predicted octanol–water partition coefficient (Wildman–Crippen LogP) is 18.5. The molecule has 1 spiro atoms. The van der Waals surface area contributed by atoms with Crippen LogP contribution in [0.3, 0.4) is 0 Å². The molecule has 3 nitrogen and oxygen atoms in total. The van der Waals surface area contributed by atoms with Crippen molar-refractivity contribution in [1.82, 2.24) is 4.57 Å². The van der Waals surface area contributed by atoms with Gasteiger partial charge in [-0.1, -0.05) is 184 Å². The molecule has 0 bridgehead atoms. The van der Waals surface area contributed by atoms with Gasteiger partial charge < -0.3 is 13.9 Å². The molecule has 0 saturated carbocycles. The third kappa shape index (κ3) is 5.38. The summed E-state index contributed by atoms with van der Waals surface area (Å²) in [5.41, 5.74) is 26.3. The molecule has 73 heavy (non-hydrogen) atoms. The highest BCUT2D eigenvalue weighted by Gasteiger charge is 2.52. The first-order valence-electron chi connectivity index (χ1n) is 25.5. The van der Waals surface area contributed by atoms with Gasteiger partial charge in [-0.15, -0.1) is 0 Å². The minimum Gasteiger partial charge on any atom is -0.456 e. The molecular formula is C70H46N2O. The number of para-hydroxylation sites is 3. The number of benzene rings is 11. The topological polar surface area (TPSA) is 21.3 Å². The van der Waals surface area contributed by atoms with Crippen LogP contribution in [-0.4, -0.2) is 4.57 Å². The van der Waals surface area contributed by atoms with Crippen molar-refractivity contribution in [3.05, 3.63) is 276 Å². The van der Waals surface area contributed by atoms with Gasteiger partial charge in [-0.3, -0.25) is 0 Å². The fourth-order valence-corrected chi connectivity index (χ4v) is 13.7. The average molecular weight is 931 g/mol. The molecule has 0 radical (unpaired) electrons. The van der Waals surface area contributed by atoms with Gasteiger partial charge in [-0.2, -0.15) is 0 Å². The van der Waals surface area contributed by atoms with Crippen molar-refractivity contribution in [2.75, 3.05) is 4.90 Å². The van der Waals surface area contributed by atoms with Gasteiger partial charge in [0, 0.05) is 49.7 Å². The first kappa shape index (κ1) is 40.5. The third-order valence-corrected chi connectivity index (χ3v) is 16.8. The van der Waals surface area contributed by atoms with E-state index < -0.39 is 5.41 Å². The summed E-state index contributed by atoms with van der Waals surface area (Å²) >= 11 is 0. The summed E-state index contributed by atoms with van der Waals surface area (Å²) in [5, 5.41) is 4.74. The van der Waals surface area contributed by atoms with E-state index in [1.807, 2.05) is 6.07 Å². The normalized spacial score (nSPS) is 15.4. The van der Waals surface area contributed by atoms with Crippen LogP contribution in [0.1, 0.15) is 47.2 Å². The minimum absolute atomic E-state index is 0.123. The summed E-state index contributed by atoms with van der Waals surface area (Å²) in [5.74, 6) is 0. The molecule has 0 amide bonds. The number of hydrogen-bond donors (Lipinski definition) is 0. The zero-order valence-corrected chi connectivity index (χ0v) is 40.4. The Labute approximate surface area is 423 Å². The Morgan fingerprint density at radius 3 is 1.79 bits per heavy atom. The number of nitrogens with zero attached hydrogens (tertiary/aromatic N) is 2. The van der Waals surface area contributed by atoms with Gasteiger partial charge in [0.05, 0.1) is 16.4 Å². The third-order valence-electron chi connectivity index (χ3n) is 16.8. The molecule has 0 aliphatic heterocycles. The van der Waals surface area contributed by atoms with Crippen molar-refractivity contribution in [3.63, 3.8) is 0 Å². The maximum atomic E-state index is 6.31. The largest absolute Gasteiger partial charge is 0.456 e. The van der Waals surface area contributed by atoms with Gasteiger partial charge in [0.25, 0.3) is 0 Å². The second-order valence-electron chi connectivity index (χ2n) is 20.7. The smallest absolute Gasteiger partial charge is 0.135 e. The van der Waals surface area contributed by atoms with Gasteiger partial charge in [0.1, 0.15) is 11.2 Å². The second-order valence-corrected chi connectivity index (χ2v) is 20.7. The lowest BCUT2D eigenvalue weighted by atomic mass is 9.70. The first-order valence-corrected chi connectivity index (χ1v) is 25.5. The highest BCUT2D eigenvalue weighted by atomic mass is 16.3. The van der Waals surface area contributed by atoms with Crippen LogP contribution < -0.4 is 4.90 Å². The second kappa shape index (κ2) is 14.7. The zero-order chi connectivity index (χ0) is 48.2. The van der Waals surface area contributed by atoms with Gasteiger partial charge in [0.2, 0.25) is 0 Å². The first-order chi connectivity index (χ1) is 36.0. The Hall–Kier alpha value is -9.18. The quantitative estimate of drug-likeness (QED) is 0.171. The van der Waals surface area contributed by atoms with E-state index >= 15 is 0 Å². The molecule has 16 rings (SSSR count). The number of aromatic nitrogens is 1. The Balaban J connectivity index is 0.890. The lowest BCUT2D eigenvalue weighted by Gasteiger charge is -2.30. The van der Waals surface area contributed by atoms with E-state index in [1.54, 1.807) is 0 Å². The Bertz CT molecular complexity index is 4490. The van der Waals surface area contributed by atoms with Crippen LogP contribution >= 0.6 is 0 Å². The monoisotopic (exact) mass is 930 g/mol. The van der Waals surface area contributed by atoms with Crippen molar-refractivity contribution in [2.24, 2.45) is 0 Å². The van der Waals surface area contributed by atoms with Crippen molar-refractivity contribution in [1.29, 1.82) is 0 Å². The maximum Gasteiger partial charge on any atom is 0.135 e. The molecule has 3 aliphatic carbocycles. The van der Waals surface area contributed by atoms with Crippen molar-refractivity contribution < 1.29 is 4.42 Å². The standard InChI is InChI=1S/C70H46N2O/c1-69(2)58-25-11-6-19-49(58)51-35-32-46(41-63(51)69)71(44-17-4-3-5-18-44)47-33-36-53-52-21-9-14-29-64(52)72(65(53)42-47)45-34-37-61-56(40-45)50-20-7-12-26-59(50)70(61)60-27-13-8-23-55(60)68-48(24-16-28-62(68)70)43-31-38-67-57(39-43)54-22-10-15-30-66(54)73-67/h3-42H,1-2H3. The molecule has 11 aromatic carbocycles. The molecule has 2 heterocycles. The van der Waals surface area contributed by atoms with E-state index in [0.717, 1.165) is 50.2 Å². The molecule has 2 aromatic heterocycles. The average Bonchev–Trinajstić information content (AvgIpc) is 4.21. The fraction of sp³-hybridized carbons (Fsp3) is 0.0571. The van der Waals surface area contributed by atoms with E-state index in [9.17, 15) is 0 Å². The zero-order valence-electron chi connectivity index (χ0n) is 40.4. The lowest BCUT2D eigenvalue weighted by Crippen LogP contribution is -2.25. The van der Waals surface area contributed by atoms with Crippen molar-refractivity contribution >= 4 is 60.8 Å². The van der Waals surface area contributed by atoms with Crippen LogP contribution in [0.25, 0.3) is 93.9 Å². The molecule has 0 fully saturated rings. The summed E-state index contributed by atoms with van der Waals surface area (Å²) in [6.07, 6.45) is 0. The molecular weight excluding hydrogens is 885 g/mol. The van der Waals surface area contributed by atoms with Gasteiger partial charge >= 0.3 is 0 Å². The van der Waals surface area contributed by atoms with E-state index in [2.05, 4.69) is 260 Å². The lowest BCUT2D eigenvalue weighted by molar-refractivity contribution is 0.660. The highest BCUT2D eigenvalue weighted by molar-refractivity contribution is 6.11. The molecule has 3 aliphatic rings. The highest BCUT2D eigenvalue weighted by Crippen LogP contribution is 2.64. The summed E-state index contributed by atoms with van der Waals surface area (Å²) in [6.45, 7) is 4.73. The molecule has 0 N–H and O–H groups in total. The number of furan rings is 1. The van der Waals surface area contributed by atoms with Gasteiger partial charge in [-0.05, 0) is 151 Å². The molecule has 1 atom stereocenters. The van der Waals surface area contributed by atoms with Crippen LogP contribution in [0, 0.1) is 0 Å². The summed E-state index contributed by atoms with van der Waals surface area (Å²) in [4.78, 5) is 2.43. The minimum atomic E-state index is -0.505. The number of rotatable bonds is 5. The Kier molecular flexibility index (Phi) is 8.16. The Morgan fingerprint density at radius 1 is 0.342 bits per heavy atom. The molecule has 0 saturated heterocycles. The predicted molar refractivity (Wildman–Crippen MR) is 302 cm³/mol. The fourth-order valence-electron chi connectivity index (χ4n) is 13.7. The van der Waals surface area contributed by atoms with Crippen LogP contribution in [0.5, 0.6) is 0 Å². The summed E-state index contributed by atoms with van der Waals surface area (Å²) in [7, 11) is 0. The number of anilines is 3. The maximum absolute atomic E-state index is 6.31. The van der Waals surface area contributed by atoms with Crippen LogP contribution in [0.2, 0.25) is 0 Å². The van der Waals surface area contributed by atoms with Crippen LogP contribution in [0.4, 0.5) is 17.1 Å². The van der Waals surface area contributed by atoms with E-state index in [0.29, 0.717) is 0 Å². The molecule has 3 heteroatoms. The van der Waals surface area contributed by atoms with Crippen molar-refractivity contribution in [2.45, 2.75) is 24.7 Å². The van der Waals surface area contributed by atoms with Crippen LogP contribution in [0.15, 0.2) is 247 Å². The summed E-state index contributed by atoms with van der Waals surface area (Å²) in [6, 6.07) is 90.4. The summed E-state index contributed by atoms with van der Waals surface area (Å²) < 4.78 is 8.81. The van der Waals surface area contributed by atoms with E-state index in [4.69, 9.17) is 4.42 Å². The van der Waals surface area contributed by atoms with E-state index in [1.165, 1.54) is 94.2 Å².